The highest BCUT2D eigenvalue weighted by Crippen LogP contribution is 2.36. The van der Waals surface area contributed by atoms with Crippen molar-refractivity contribution >= 4 is 29.4 Å². The van der Waals surface area contributed by atoms with Gasteiger partial charge in [-0.3, -0.25) is 9.59 Å². The average Bonchev–Trinajstić information content (AvgIpc) is 2.58. The lowest BCUT2D eigenvalue weighted by atomic mass is 10.2. The topological polar surface area (TPSA) is 117 Å². The van der Waals surface area contributed by atoms with E-state index in [0.717, 1.165) is 12.8 Å². The van der Waals surface area contributed by atoms with Gasteiger partial charge < -0.3 is 25.3 Å². The van der Waals surface area contributed by atoms with Crippen LogP contribution in [0.4, 0.5) is 0 Å². The monoisotopic (exact) mass is 372 g/mol. The molecular weight excluding hydrogens is 352 g/mol. The number of halogens is 1. The van der Waals surface area contributed by atoms with Gasteiger partial charge in [0.05, 0.1) is 30.8 Å². The maximum absolute atomic E-state index is 12.0. The first kappa shape index (κ1) is 20.6. The molecule has 0 atom stereocenters. The van der Waals surface area contributed by atoms with E-state index in [1.807, 2.05) is 6.92 Å². The van der Waals surface area contributed by atoms with Crippen molar-refractivity contribution in [3.63, 3.8) is 0 Å². The van der Waals surface area contributed by atoms with E-state index in [1.54, 1.807) is 0 Å². The summed E-state index contributed by atoms with van der Waals surface area (Å²) >= 11 is 6.14. The summed E-state index contributed by atoms with van der Waals surface area (Å²) in [7, 11) is 1.42. The van der Waals surface area contributed by atoms with Crippen molar-refractivity contribution < 1.29 is 28.6 Å². The zero-order valence-corrected chi connectivity index (χ0v) is 14.9. The Morgan fingerprint density at radius 1 is 1.28 bits per heavy atom. The van der Waals surface area contributed by atoms with Gasteiger partial charge in [0.1, 0.15) is 0 Å². The number of hydrogen-bond acceptors (Lipinski definition) is 6. The van der Waals surface area contributed by atoms with Crippen LogP contribution in [0.5, 0.6) is 11.5 Å². The van der Waals surface area contributed by atoms with Crippen molar-refractivity contribution in [3.8, 4) is 11.5 Å². The fraction of sp³-hybridized carbons (Fsp3) is 0.438. The van der Waals surface area contributed by atoms with E-state index in [0.29, 0.717) is 12.4 Å². The molecule has 0 unspecified atom stereocenters. The Hall–Kier alpha value is -2.48. The van der Waals surface area contributed by atoms with E-state index >= 15 is 0 Å². The van der Waals surface area contributed by atoms with E-state index in [2.05, 4.69) is 5.32 Å². The van der Waals surface area contributed by atoms with Crippen LogP contribution in [0.2, 0.25) is 5.02 Å². The molecule has 0 radical (unpaired) electrons. The third kappa shape index (κ3) is 6.88. The lowest BCUT2D eigenvalue weighted by molar-refractivity contribution is -0.127. The van der Waals surface area contributed by atoms with Crippen LogP contribution in [-0.4, -0.2) is 44.7 Å². The molecule has 0 aromatic heterocycles. The number of hydrogen-bond donors (Lipinski definition) is 2. The molecule has 1 rings (SSSR count). The summed E-state index contributed by atoms with van der Waals surface area (Å²) in [5.41, 5.74) is 5.00. The third-order valence-corrected chi connectivity index (χ3v) is 3.28. The highest BCUT2D eigenvalue weighted by molar-refractivity contribution is 6.32. The number of amides is 2. The first-order valence-electron chi connectivity index (χ1n) is 7.61. The SMILES string of the molecule is CCCCOc1c(Cl)cc(C(=O)OCC(=O)NCC(N)=O)cc1OC. The zero-order chi connectivity index (χ0) is 18.8. The van der Waals surface area contributed by atoms with Gasteiger partial charge in [0.15, 0.2) is 18.1 Å². The van der Waals surface area contributed by atoms with Gasteiger partial charge in [-0.25, -0.2) is 4.79 Å². The fourth-order valence-electron chi connectivity index (χ4n) is 1.75. The van der Waals surface area contributed by atoms with Gasteiger partial charge in [-0.2, -0.15) is 0 Å². The van der Waals surface area contributed by atoms with E-state index in [1.165, 1.54) is 19.2 Å². The van der Waals surface area contributed by atoms with Crippen molar-refractivity contribution in [1.82, 2.24) is 5.32 Å². The molecule has 0 aliphatic heterocycles. The minimum Gasteiger partial charge on any atom is -0.493 e. The average molecular weight is 373 g/mol. The predicted octanol–water partition coefficient (Wildman–Crippen LogP) is 1.29. The molecule has 0 bridgehead atoms. The number of carbonyl (C=O) groups is 3. The summed E-state index contributed by atoms with van der Waals surface area (Å²) in [6, 6.07) is 2.78. The van der Waals surface area contributed by atoms with Crippen molar-refractivity contribution in [2.45, 2.75) is 19.8 Å². The molecule has 8 nitrogen and oxygen atoms in total. The van der Waals surface area contributed by atoms with Crippen molar-refractivity contribution in [1.29, 1.82) is 0 Å². The van der Waals surface area contributed by atoms with Crippen LogP contribution in [0.1, 0.15) is 30.1 Å². The number of methoxy groups -OCH3 is 1. The minimum absolute atomic E-state index is 0.104. The van der Waals surface area contributed by atoms with Crippen LogP contribution in [0.3, 0.4) is 0 Å². The van der Waals surface area contributed by atoms with Gasteiger partial charge in [-0.15, -0.1) is 0 Å². The summed E-state index contributed by atoms with van der Waals surface area (Å²) in [5, 5.41) is 2.39. The van der Waals surface area contributed by atoms with Crippen LogP contribution in [0.15, 0.2) is 12.1 Å². The van der Waals surface area contributed by atoms with Gasteiger partial charge in [0.2, 0.25) is 5.91 Å². The zero-order valence-electron chi connectivity index (χ0n) is 14.1. The quantitative estimate of drug-likeness (QED) is 0.472. The van der Waals surface area contributed by atoms with Crippen molar-refractivity contribution in [2.24, 2.45) is 5.73 Å². The maximum Gasteiger partial charge on any atom is 0.338 e. The van der Waals surface area contributed by atoms with E-state index in [9.17, 15) is 14.4 Å². The summed E-state index contributed by atoms with van der Waals surface area (Å²) in [6.45, 7) is 1.61. The molecule has 0 spiro atoms. The second-order valence-corrected chi connectivity index (χ2v) is 5.42. The van der Waals surface area contributed by atoms with Crippen LogP contribution in [-0.2, 0) is 14.3 Å². The molecule has 3 N–H and O–H groups in total. The highest BCUT2D eigenvalue weighted by atomic mass is 35.5. The van der Waals surface area contributed by atoms with Gasteiger partial charge >= 0.3 is 5.97 Å². The Labute approximate surface area is 150 Å². The van der Waals surface area contributed by atoms with E-state index in [4.69, 9.17) is 31.5 Å². The smallest absolute Gasteiger partial charge is 0.338 e. The Balaban J connectivity index is 2.74. The van der Waals surface area contributed by atoms with Gasteiger partial charge in [0, 0.05) is 0 Å². The second kappa shape index (κ2) is 10.4. The second-order valence-electron chi connectivity index (χ2n) is 5.01. The number of nitrogens with one attached hydrogen (secondary N) is 1. The summed E-state index contributed by atoms with van der Waals surface area (Å²) < 4.78 is 15.6. The van der Waals surface area contributed by atoms with Crippen LogP contribution >= 0.6 is 11.6 Å². The molecule has 2 amide bonds. The summed E-state index contributed by atoms with van der Waals surface area (Å²) in [4.78, 5) is 34.0. The first-order valence-corrected chi connectivity index (χ1v) is 7.99. The largest absolute Gasteiger partial charge is 0.493 e. The Morgan fingerprint density at radius 2 is 2.00 bits per heavy atom. The summed E-state index contributed by atoms with van der Waals surface area (Å²) in [6.07, 6.45) is 1.81. The number of ether oxygens (including phenoxy) is 3. The Bertz CT molecular complexity index is 635. The normalized spacial score (nSPS) is 10.0. The lowest BCUT2D eigenvalue weighted by Crippen LogP contribution is -2.35. The first-order chi connectivity index (χ1) is 11.9. The van der Waals surface area contributed by atoms with Crippen molar-refractivity contribution in [2.75, 3.05) is 26.9 Å². The molecule has 0 saturated heterocycles. The number of primary amides is 1. The number of unbranched alkanes of at least 4 members (excludes halogenated alkanes) is 1. The molecule has 25 heavy (non-hydrogen) atoms. The van der Waals surface area contributed by atoms with Gasteiger partial charge in [0.25, 0.3) is 5.91 Å². The number of benzene rings is 1. The molecule has 0 saturated carbocycles. The highest BCUT2D eigenvalue weighted by Gasteiger charge is 2.17. The molecule has 138 valence electrons. The fourth-order valence-corrected chi connectivity index (χ4v) is 2.01. The minimum atomic E-state index is -0.769. The van der Waals surface area contributed by atoms with E-state index in [-0.39, 0.29) is 22.9 Å². The molecule has 0 aliphatic carbocycles. The standard InChI is InChI=1S/C16H21ClN2O6/c1-3-4-5-24-15-11(17)6-10(7-12(15)23-2)16(22)25-9-14(21)19-8-13(18)20/h6-7H,3-5,8-9H2,1-2H3,(H2,18,20)(H,19,21). The molecule has 9 heteroatoms. The van der Waals surface area contributed by atoms with Gasteiger partial charge in [-0.05, 0) is 18.6 Å². The molecule has 0 fully saturated rings. The molecular formula is C16H21ClN2O6. The Kier molecular flexibility index (Phi) is 8.55. The number of rotatable bonds is 10. The van der Waals surface area contributed by atoms with Crippen LogP contribution in [0, 0.1) is 0 Å². The number of esters is 1. The predicted molar refractivity (Wildman–Crippen MR) is 90.9 cm³/mol. The van der Waals surface area contributed by atoms with Crippen molar-refractivity contribution in [3.05, 3.63) is 22.7 Å². The molecule has 0 aliphatic rings. The number of nitrogens with two attached hydrogens (primary N) is 1. The lowest BCUT2D eigenvalue weighted by Gasteiger charge is -2.13. The van der Waals surface area contributed by atoms with Gasteiger partial charge in [-0.1, -0.05) is 24.9 Å². The van der Waals surface area contributed by atoms with Crippen LogP contribution in [0.25, 0.3) is 0 Å². The molecule has 1 aromatic carbocycles. The maximum atomic E-state index is 12.0. The van der Waals surface area contributed by atoms with E-state index < -0.39 is 24.4 Å². The Morgan fingerprint density at radius 3 is 2.60 bits per heavy atom. The van der Waals surface area contributed by atoms with Crippen LogP contribution < -0.4 is 20.5 Å². The number of carbonyl (C=O) groups excluding carboxylic acids is 3. The molecule has 0 heterocycles. The summed E-state index contributed by atoms with van der Waals surface area (Å²) in [5.74, 6) is -1.49. The third-order valence-electron chi connectivity index (χ3n) is 3.00. The molecule has 1 aromatic rings.